The summed E-state index contributed by atoms with van der Waals surface area (Å²) in [6.07, 6.45) is 2.13. The molecule has 0 bridgehead atoms. The van der Waals surface area contributed by atoms with Crippen molar-refractivity contribution >= 4 is 0 Å². The summed E-state index contributed by atoms with van der Waals surface area (Å²) < 4.78 is 5.52. The third kappa shape index (κ3) is 3.15. The predicted octanol–water partition coefficient (Wildman–Crippen LogP) is 2.95. The van der Waals surface area contributed by atoms with Crippen molar-refractivity contribution in [3.63, 3.8) is 0 Å². The maximum absolute atomic E-state index is 5.52. The number of nitrogens with one attached hydrogen (secondary N) is 1. The van der Waals surface area contributed by atoms with Crippen molar-refractivity contribution in [2.75, 3.05) is 13.2 Å². The largest absolute Gasteiger partial charge is 0.493 e. The van der Waals surface area contributed by atoms with E-state index >= 15 is 0 Å². The summed E-state index contributed by atoms with van der Waals surface area (Å²) in [6.45, 7) is 2.79. The van der Waals surface area contributed by atoms with Gasteiger partial charge in [0.2, 0.25) is 0 Å². The van der Waals surface area contributed by atoms with Crippen LogP contribution in [0.3, 0.4) is 0 Å². The van der Waals surface area contributed by atoms with E-state index in [0.717, 1.165) is 38.3 Å². The van der Waals surface area contributed by atoms with Crippen LogP contribution in [0.15, 0.2) is 48.5 Å². The van der Waals surface area contributed by atoms with Crippen LogP contribution >= 0.6 is 0 Å². The SMILES string of the molecule is c1ccc(CNCCc2ccc3c(c2)CCO3)cc1. The molecule has 0 spiro atoms. The van der Waals surface area contributed by atoms with Crippen LogP contribution in [0, 0.1) is 0 Å². The van der Waals surface area contributed by atoms with Crippen molar-refractivity contribution in [3.05, 3.63) is 65.2 Å². The molecule has 2 nitrogen and oxygen atoms in total. The van der Waals surface area contributed by atoms with Gasteiger partial charge in [-0.3, -0.25) is 0 Å². The Morgan fingerprint density at radius 2 is 1.89 bits per heavy atom. The quantitative estimate of drug-likeness (QED) is 0.827. The van der Waals surface area contributed by atoms with Crippen LogP contribution in [-0.2, 0) is 19.4 Å². The van der Waals surface area contributed by atoms with Crippen molar-refractivity contribution in [3.8, 4) is 5.75 Å². The number of benzene rings is 2. The number of hydrogen-bond donors (Lipinski definition) is 1. The molecular weight excluding hydrogens is 234 g/mol. The third-order valence-corrected chi connectivity index (χ3v) is 3.52. The molecule has 0 amide bonds. The van der Waals surface area contributed by atoms with Gasteiger partial charge in [0, 0.05) is 13.0 Å². The van der Waals surface area contributed by atoms with Crippen LogP contribution in [0.4, 0.5) is 0 Å². The first-order valence-corrected chi connectivity index (χ1v) is 6.91. The normalized spacial score (nSPS) is 13.1. The van der Waals surface area contributed by atoms with Crippen LogP contribution in [0.2, 0.25) is 0 Å². The molecule has 0 unspecified atom stereocenters. The maximum atomic E-state index is 5.52. The molecule has 1 heterocycles. The van der Waals surface area contributed by atoms with Gasteiger partial charge < -0.3 is 10.1 Å². The second-order valence-corrected chi connectivity index (χ2v) is 4.95. The van der Waals surface area contributed by atoms with Crippen molar-refractivity contribution in [2.24, 2.45) is 0 Å². The molecule has 3 rings (SSSR count). The summed E-state index contributed by atoms with van der Waals surface area (Å²) in [7, 11) is 0. The van der Waals surface area contributed by atoms with Gasteiger partial charge in [0.15, 0.2) is 0 Å². The zero-order valence-electron chi connectivity index (χ0n) is 11.1. The molecule has 0 saturated heterocycles. The molecule has 0 radical (unpaired) electrons. The van der Waals surface area contributed by atoms with Gasteiger partial charge in [-0.1, -0.05) is 42.5 Å². The van der Waals surface area contributed by atoms with E-state index < -0.39 is 0 Å². The lowest BCUT2D eigenvalue weighted by Crippen LogP contribution is -2.16. The second kappa shape index (κ2) is 5.89. The number of rotatable bonds is 5. The van der Waals surface area contributed by atoms with Crippen molar-refractivity contribution in [1.82, 2.24) is 5.32 Å². The first-order valence-electron chi connectivity index (χ1n) is 6.91. The molecule has 2 aromatic carbocycles. The molecule has 19 heavy (non-hydrogen) atoms. The molecule has 98 valence electrons. The Kier molecular flexibility index (Phi) is 3.80. The van der Waals surface area contributed by atoms with Gasteiger partial charge in [-0.05, 0) is 35.7 Å². The Morgan fingerprint density at radius 1 is 1.00 bits per heavy atom. The number of hydrogen-bond acceptors (Lipinski definition) is 2. The zero-order chi connectivity index (χ0) is 12.9. The van der Waals surface area contributed by atoms with E-state index in [1.807, 2.05) is 0 Å². The molecule has 1 N–H and O–H groups in total. The Balaban J connectivity index is 1.48. The smallest absolute Gasteiger partial charge is 0.122 e. The van der Waals surface area contributed by atoms with E-state index in [1.54, 1.807) is 0 Å². The third-order valence-electron chi connectivity index (χ3n) is 3.52. The Bertz CT molecular complexity index is 536. The fourth-order valence-corrected chi connectivity index (χ4v) is 2.46. The molecule has 0 aliphatic carbocycles. The average Bonchev–Trinajstić information content (AvgIpc) is 2.92. The minimum absolute atomic E-state index is 0.838. The lowest BCUT2D eigenvalue weighted by molar-refractivity contribution is 0.357. The van der Waals surface area contributed by atoms with Gasteiger partial charge in [-0.2, -0.15) is 0 Å². The van der Waals surface area contributed by atoms with Crippen LogP contribution in [0.5, 0.6) is 5.75 Å². The monoisotopic (exact) mass is 253 g/mol. The average molecular weight is 253 g/mol. The van der Waals surface area contributed by atoms with Crippen LogP contribution in [0.25, 0.3) is 0 Å². The van der Waals surface area contributed by atoms with E-state index in [0.29, 0.717) is 0 Å². The van der Waals surface area contributed by atoms with Crippen LogP contribution in [-0.4, -0.2) is 13.2 Å². The van der Waals surface area contributed by atoms with E-state index in [2.05, 4.69) is 53.8 Å². The minimum atomic E-state index is 0.838. The zero-order valence-corrected chi connectivity index (χ0v) is 11.1. The Labute approximate surface area is 114 Å². The predicted molar refractivity (Wildman–Crippen MR) is 77.5 cm³/mol. The van der Waals surface area contributed by atoms with Gasteiger partial charge in [0.05, 0.1) is 6.61 Å². The molecule has 0 atom stereocenters. The first kappa shape index (κ1) is 12.2. The van der Waals surface area contributed by atoms with E-state index in [9.17, 15) is 0 Å². The summed E-state index contributed by atoms with van der Waals surface area (Å²) >= 11 is 0. The summed E-state index contributed by atoms with van der Waals surface area (Å²) in [5.41, 5.74) is 4.09. The Morgan fingerprint density at radius 3 is 2.79 bits per heavy atom. The fourth-order valence-electron chi connectivity index (χ4n) is 2.46. The summed E-state index contributed by atoms with van der Waals surface area (Å²) in [5.74, 6) is 1.07. The lowest BCUT2D eigenvalue weighted by atomic mass is 10.1. The number of fused-ring (bicyclic) bond motifs is 1. The first-order chi connectivity index (χ1) is 9.42. The highest BCUT2D eigenvalue weighted by Crippen LogP contribution is 2.25. The molecule has 0 fully saturated rings. The maximum Gasteiger partial charge on any atom is 0.122 e. The van der Waals surface area contributed by atoms with Gasteiger partial charge >= 0.3 is 0 Å². The van der Waals surface area contributed by atoms with E-state index in [-0.39, 0.29) is 0 Å². The second-order valence-electron chi connectivity index (χ2n) is 4.95. The van der Waals surface area contributed by atoms with Crippen LogP contribution < -0.4 is 10.1 Å². The summed E-state index contributed by atoms with van der Waals surface area (Å²) in [6, 6.07) is 17.1. The van der Waals surface area contributed by atoms with Gasteiger partial charge in [-0.25, -0.2) is 0 Å². The molecule has 0 saturated carbocycles. The summed E-state index contributed by atoms with van der Waals surface area (Å²) in [5, 5.41) is 3.49. The van der Waals surface area contributed by atoms with Crippen molar-refractivity contribution < 1.29 is 4.74 Å². The van der Waals surface area contributed by atoms with Crippen molar-refractivity contribution in [1.29, 1.82) is 0 Å². The molecule has 2 heteroatoms. The Hall–Kier alpha value is -1.80. The van der Waals surface area contributed by atoms with E-state index in [4.69, 9.17) is 4.74 Å². The van der Waals surface area contributed by atoms with E-state index in [1.165, 1.54) is 16.7 Å². The fraction of sp³-hybridized carbons (Fsp3) is 0.294. The van der Waals surface area contributed by atoms with Gasteiger partial charge in [0.1, 0.15) is 5.75 Å². The highest BCUT2D eigenvalue weighted by atomic mass is 16.5. The van der Waals surface area contributed by atoms with Crippen LogP contribution in [0.1, 0.15) is 16.7 Å². The topological polar surface area (TPSA) is 21.3 Å². The lowest BCUT2D eigenvalue weighted by Gasteiger charge is -2.06. The minimum Gasteiger partial charge on any atom is -0.493 e. The standard InChI is InChI=1S/C17H19NO/c1-2-4-15(5-3-1)13-18-10-8-14-6-7-17-16(12-14)9-11-19-17/h1-7,12,18H,8-11,13H2. The van der Waals surface area contributed by atoms with Gasteiger partial charge in [-0.15, -0.1) is 0 Å². The highest BCUT2D eigenvalue weighted by molar-refractivity contribution is 5.39. The molecule has 1 aliphatic heterocycles. The van der Waals surface area contributed by atoms with Crippen molar-refractivity contribution in [2.45, 2.75) is 19.4 Å². The number of ether oxygens (including phenoxy) is 1. The van der Waals surface area contributed by atoms with Gasteiger partial charge in [0.25, 0.3) is 0 Å². The molecule has 2 aromatic rings. The highest BCUT2D eigenvalue weighted by Gasteiger charge is 2.11. The molecule has 0 aromatic heterocycles. The molecular formula is C17H19NO. The summed E-state index contributed by atoms with van der Waals surface area (Å²) in [4.78, 5) is 0. The molecule has 1 aliphatic rings.